The van der Waals surface area contributed by atoms with Crippen molar-refractivity contribution in [2.24, 2.45) is 0 Å². The molecule has 0 aliphatic rings. The van der Waals surface area contributed by atoms with Gasteiger partial charge in [-0.3, -0.25) is 0 Å². The van der Waals surface area contributed by atoms with Crippen LogP contribution in [0.15, 0.2) is 12.7 Å². The molecule has 0 fully saturated rings. The minimum absolute atomic E-state index is 0.317. The van der Waals surface area contributed by atoms with Gasteiger partial charge in [0.2, 0.25) is 0 Å². The summed E-state index contributed by atoms with van der Waals surface area (Å²) >= 11 is 0. The highest BCUT2D eigenvalue weighted by Crippen LogP contribution is 2.21. The summed E-state index contributed by atoms with van der Waals surface area (Å²) in [4.78, 5) is 10.9. The average Bonchev–Trinajstić information content (AvgIpc) is 2.59. The van der Waals surface area contributed by atoms with Crippen LogP contribution in [0.4, 0.5) is 0 Å². The van der Waals surface area contributed by atoms with E-state index in [9.17, 15) is 4.79 Å². The van der Waals surface area contributed by atoms with Crippen molar-refractivity contribution in [2.75, 3.05) is 19.8 Å². The van der Waals surface area contributed by atoms with Crippen molar-refractivity contribution in [1.82, 2.24) is 0 Å². The van der Waals surface area contributed by atoms with Gasteiger partial charge >= 0.3 is 5.97 Å². The van der Waals surface area contributed by atoms with Crippen molar-refractivity contribution in [3.8, 4) is 0 Å². The average molecular weight is 357 g/mol. The van der Waals surface area contributed by atoms with E-state index in [4.69, 9.17) is 14.2 Å². The minimum atomic E-state index is -0.399. The van der Waals surface area contributed by atoms with Gasteiger partial charge in [0.1, 0.15) is 0 Å². The van der Waals surface area contributed by atoms with Crippen LogP contribution in [-0.4, -0.2) is 31.6 Å². The van der Waals surface area contributed by atoms with E-state index in [1.807, 2.05) is 13.8 Å². The van der Waals surface area contributed by atoms with E-state index in [1.54, 1.807) is 0 Å². The standard InChI is InChI=1S/C21H40O4/c1-5-20(22)23-19-17-15-13-11-9-8-10-12-14-16-18-21(4,24-6-2)25-7-3/h5H,1,6-19H2,2-4H3. The summed E-state index contributed by atoms with van der Waals surface area (Å²) in [6.45, 7) is 11.4. The number of carbonyl (C=O) groups excluding carboxylic acids is 1. The summed E-state index contributed by atoms with van der Waals surface area (Å²) in [5.41, 5.74) is 0. The van der Waals surface area contributed by atoms with Crippen LogP contribution in [0.2, 0.25) is 0 Å². The second-order valence-corrected chi connectivity index (χ2v) is 6.66. The van der Waals surface area contributed by atoms with Gasteiger partial charge in [0.25, 0.3) is 0 Å². The molecule has 148 valence electrons. The molecule has 25 heavy (non-hydrogen) atoms. The van der Waals surface area contributed by atoms with E-state index in [0.29, 0.717) is 19.8 Å². The van der Waals surface area contributed by atoms with Gasteiger partial charge in [-0.1, -0.05) is 57.9 Å². The van der Waals surface area contributed by atoms with Gasteiger partial charge in [0, 0.05) is 25.7 Å². The molecular weight excluding hydrogens is 316 g/mol. The Kier molecular flexibility index (Phi) is 16.0. The number of unbranched alkanes of at least 4 members (excludes halogenated alkanes) is 9. The zero-order valence-corrected chi connectivity index (χ0v) is 16.8. The predicted octanol–water partition coefficient (Wildman–Crippen LogP) is 5.80. The summed E-state index contributed by atoms with van der Waals surface area (Å²) < 4.78 is 16.4. The fourth-order valence-corrected chi connectivity index (χ4v) is 2.99. The Hall–Kier alpha value is -0.870. The van der Waals surface area contributed by atoms with Crippen molar-refractivity contribution in [1.29, 1.82) is 0 Å². The third kappa shape index (κ3) is 15.1. The highest BCUT2D eigenvalue weighted by atomic mass is 16.7. The second kappa shape index (κ2) is 16.6. The number of carbonyl (C=O) groups is 1. The molecule has 0 heterocycles. The van der Waals surface area contributed by atoms with Crippen LogP contribution in [0, 0.1) is 0 Å². The molecule has 0 aromatic carbocycles. The Labute approximate surface area is 155 Å². The van der Waals surface area contributed by atoms with Crippen molar-refractivity contribution < 1.29 is 19.0 Å². The fourth-order valence-electron chi connectivity index (χ4n) is 2.99. The van der Waals surface area contributed by atoms with Crippen LogP contribution < -0.4 is 0 Å². The van der Waals surface area contributed by atoms with Crippen LogP contribution in [0.5, 0.6) is 0 Å². The number of hydrogen-bond donors (Lipinski definition) is 0. The van der Waals surface area contributed by atoms with Gasteiger partial charge in [0.15, 0.2) is 5.79 Å². The van der Waals surface area contributed by atoms with Crippen LogP contribution in [0.1, 0.15) is 91.4 Å². The van der Waals surface area contributed by atoms with Crippen molar-refractivity contribution >= 4 is 5.97 Å². The van der Waals surface area contributed by atoms with E-state index < -0.39 is 5.79 Å². The van der Waals surface area contributed by atoms with Gasteiger partial charge in [0.05, 0.1) is 6.61 Å². The summed E-state index contributed by atoms with van der Waals surface area (Å²) in [6.07, 6.45) is 14.5. The minimum Gasteiger partial charge on any atom is -0.463 e. The Morgan fingerprint density at radius 2 is 1.28 bits per heavy atom. The molecule has 0 radical (unpaired) electrons. The van der Waals surface area contributed by atoms with Crippen LogP contribution in [-0.2, 0) is 19.0 Å². The molecule has 0 saturated heterocycles. The number of rotatable bonds is 18. The van der Waals surface area contributed by atoms with Crippen molar-refractivity contribution in [3.63, 3.8) is 0 Å². The number of ether oxygens (including phenoxy) is 3. The summed E-state index contributed by atoms with van der Waals surface area (Å²) in [5.74, 6) is -0.716. The summed E-state index contributed by atoms with van der Waals surface area (Å²) in [5, 5.41) is 0. The molecule has 0 saturated carbocycles. The van der Waals surface area contributed by atoms with Crippen molar-refractivity contribution in [3.05, 3.63) is 12.7 Å². The maximum atomic E-state index is 10.9. The molecule has 4 nitrogen and oxygen atoms in total. The van der Waals surface area contributed by atoms with Crippen LogP contribution in [0.3, 0.4) is 0 Å². The van der Waals surface area contributed by atoms with E-state index in [1.165, 1.54) is 57.4 Å². The maximum absolute atomic E-state index is 10.9. The van der Waals surface area contributed by atoms with E-state index in [2.05, 4.69) is 13.5 Å². The number of hydrogen-bond acceptors (Lipinski definition) is 4. The lowest BCUT2D eigenvalue weighted by atomic mass is 10.0. The van der Waals surface area contributed by atoms with Gasteiger partial charge in [-0.05, 0) is 33.6 Å². The molecule has 0 N–H and O–H groups in total. The molecule has 4 heteroatoms. The van der Waals surface area contributed by atoms with E-state index >= 15 is 0 Å². The molecule has 0 aromatic rings. The third-order valence-electron chi connectivity index (χ3n) is 4.34. The molecule has 0 bridgehead atoms. The smallest absolute Gasteiger partial charge is 0.330 e. The third-order valence-corrected chi connectivity index (χ3v) is 4.34. The fraction of sp³-hybridized carbons (Fsp3) is 0.857. The monoisotopic (exact) mass is 356 g/mol. The highest BCUT2D eigenvalue weighted by Gasteiger charge is 2.23. The van der Waals surface area contributed by atoms with Crippen LogP contribution in [0.25, 0.3) is 0 Å². The van der Waals surface area contributed by atoms with Crippen LogP contribution >= 0.6 is 0 Å². The lowest BCUT2D eigenvalue weighted by Crippen LogP contribution is -2.32. The van der Waals surface area contributed by atoms with Crippen molar-refractivity contribution in [2.45, 2.75) is 97.2 Å². The zero-order valence-electron chi connectivity index (χ0n) is 16.8. The first-order valence-corrected chi connectivity index (χ1v) is 10.1. The largest absolute Gasteiger partial charge is 0.463 e. The first-order valence-electron chi connectivity index (χ1n) is 10.1. The van der Waals surface area contributed by atoms with E-state index in [0.717, 1.165) is 19.3 Å². The van der Waals surface area contributed by atoms with Gasteiger partial charge < -0.3 is 14.2 Å². The number of esters is 1. The Morgan fingerprint density at radius 1 is 0.840 bits per heavy atom. The second-order valence-electron chi connectivity index (χ2n) is 6.66. The quantitative estimate of drug-likeness (QED) is 0.135. The molecular formula is C21H40O4. The molecule has 0 aromatic heterocycles. The molecule has 0 aliphatic carbocycles. The summed E-state index contributed by atoms with van der Waals surface area (Å²) in [6, 6.07) is 0. The maximum Gasteiger partial charge on any atom is 0.330 e. The van der Waals surface area contributed by atoms with Gasteiger partial charge in [-0.2, -0.15) is 0 Å². The first kappa shape index (κ1) is 24.1. The molecule has 0 amide bonds. The Bertz CT molecular complexity index is 322. The summed E-state index contributed by atoms with van der Waals surface area (Å²) in [7, 11) is 0. The molecule has 0 spiro atoms. The lowest BCUT2D eigenvalue weighted by Gasteiger charge is -2.29. The normalized spacial score (nSPS) is 11.5. The molecule has 0 atom stereocenters. The van der Waals surface area contributed by atoms with Gasteiger partial charge in [-0.25, -0.2) is 4.79 Å². The highest BCUT2D eigenvalue weighted by molar-refractivity contribution is 5.81. The van der Waals surface area contributed by atoms with E-state index in [-0.39, 0.29) is 5.97 Å². The first-order chi connectivity index (χ1) is 12.1. The van der Waals surface area contributed by atoms with Gasteiger partial charge in [-0.15, -0.1) is 0 Å². The predicted molar refractivity (Wildman–Crippen MR) is 104 cm³/mol. The molecule has 0 rings (SSSR count). The Morgan fingerprint density at radius 3 is 1.72 bits per heavy atom. The SMILES string of the molecule is C=CC(=O)OCCCCCCCCCCCCC(C)(OCC)OCC. The molecule has 0 aliphatic heterocycles. The zero-order chi connectivity index (χ0) is 18.8. The topological polar surface area (TPSA) is 44.8 Å². The Balaban J connectivity index is 3.36. The molecule has 0 unspecified atom stereocenters. The lowest BCUT2D eigenvalue weighted by molar-refractivity contribution is -0.225.